The van der Waals surface area contributed by atoms with Gasteiger partial charge in [0.1, 0.15) is 0 Å². The predicted molar refractivity (Wildman–Crippen MR) is 88.3 cm³/mol. The van der Waals surface area contributed by atoms with E-state index in [0.717, 1.165) is 37.1 Å². The zero-order valence-electron chi connectivity index (χ0n) is 12.8. The third-order valence-corrected chi connectivity index (χ3v) is 5.16. The van der Waals surface area contributed by atoms with Crippen LogP contribution in [0.1, 0.15) is 42.1 Å². The summed E-state index contributed by atoms with van der Waals surface area (Å²) in [6.45, 7) is 5.07. The van der Waals surface area contributed by atoms with E-state index in [9.17, 15) is 9.00 Å². The van der Waals surface area contributed by atoms with Gasteiger partial charge in [-0.15, -0.1) is 0 Å². The zero-order chi connectivity index (χ0) is 15.2. The minimum Gasteiger partial charge on any atom is -0.385 e. The van der Waals surface area contributed by atoms with Gasteiger partial charge in [-0.1, -0.05) is 6.92 Å². The van der Waals surface area contributed by atoms with Crippen molar-refractivity contribution in [1.82, 2.24) is 5.32 Å². The van der Waals surface area contributed by atoms with Crippen molar-refractivity contribution in [2.45, 2.75) is 39.2 Å². The molecule has 4 nitrogen and oxygen atoms in total. The van der Waals surface area contributed by atoms with Crippen LogP contribution < -0.4 is 10.6 Å². The molecule has 1 heterocycles. The van der Waals surface area contributed by atoms with E-state index < -0.39 is 10.8 Å². The summed E-state index contributed by atoms with van der Waals surface area (Å²) >= 11 is 0. The summed E-state index contributed by atoms with van der Waals surface area (Å²) in [4.78, 5) is 12.3. The molecule has 2 rings (SSSR count). The average molecular weight is 308 g/mol. The molecule has 1 fully saturated rings. The fourth-order valence-electron chi connectivity index (χ4n) is 2.47. The largest absolute Gasteiger partial charge is 0.385 e. The Kier molecular flexibility index (Phi) is 5.79. The first-order chi connectivity index (χ1) is 10.1. The topological polar surface area (TPSA) is 58.2 Å². The minimum atomic E-state index is -0.690. The molecule has 0 atom stereocenters. The molecule has 1 saturated heterocycles. The molecular formula is C16H24N2O2S. The van der Waals surface area contributed by atoms with E-state index in [-0.39, 0.29) is 11.9 Å². The highest BCUT2D eigenvalue weighted by atomic mass is 32.2. The summed E-state index contributed by atoms with van der Waals surface area (Å²) in [5.41, 5.74) is 2.86. The van der Waals surface area contributed by atoms with Crippen molar-refractivity contribution >= 4 is 22.4 Å². The van der Waals surface area contributed by atoms with Crippen LogP contribution in [0, 0.1) is 6.92 Å². The number of carbonyl (C=O) groups is 1. The monoisotopic (exact) mass is 308 g/mol. The lowest BCUT2D eigenvalue weighted by molar-refractivity contribution is 0.0934. The molecule has 1 aliphatic rings. The van der Waals surface area contributed by atoms with Gasteiger partial charge in [0.2, 0.25) is 0 Å². The number of carbonyl (C=O) groups excluding carboxylic acids is 1. The van der Waals surface area contributed by atoms with Gasteiger partial charge in [0.15, 0.2) is 0 Å². The number of hydrogen-bond donors (Lipinski definition) is 2. The van der Waals surface area contributed by atoms with Crippen molar-refractivity contribution in [2.75, 3.05) is 23.4 Å². The summed E-state index contributed by atoms with van der Waals surface area (Å²) in [6, 6.07) is 5.92. The van der Waals surface area contributed by atoms with Crippen LogP contribution in [0.5, 0.6) is 0 Å². The second kappa shape index (κ2) is 7.59. The Balaban J connectivity index is 1.96. The molecule has 5 heteroatoms. The Morgan fingerprint density at radius 2 is 2.05 bits per heavy atom. The maximum atomic E-state index is 12.3. The van der Waals surface area contributed by atoms with Crippen molar-refractivity contribution in [3.05, 3.63) is 29.3 Å². The molecule has 0 spiro atoms. The molecule has 0 unspecified atom stereocenters. The summed E-state index contributed by atoms with van der Waals surface area (Å²) < 4.78 is 11.3. The molecule has 0 radical (unpaired) electrons. The van der Waals surface area contributed by atoms with Crippen molar-refractivity contribution in [1.29, 1.82) is 0 Å². The van der Waals surface area contributed by atoms with Gasteiger partial charge >= 0.3 is 0 Å². The van der Waals surface area contributed by atoms with Gasteiger partial charge in [0.25, 0.3) is 5.91 Å². The van der Waals surface area contributed by atoms with Gasteiger partial charge in [-0.3, -0.25) is 9.00 Å². The van der Waals surface area contributed by atoms with E-state index in [4.69, 9.17) is 0 Å². The Labute approximate surface area is 129 Å². The van der Waals surface area contributed by atoms with Gasteiger partial charge in [-0.05, 0) is 49.9 Å². The van der Waals surface area contributed by atoms with E-state index in [2.05, 4.69) is 17.6 Å². The highest BCUT2D eigenvalue weighted by Crippen LogP contribution is 2.17. The molecule has 116 valence electrons. The highest BCUT2D eigenvalue weighted by molar-refractivity contribution is 7.85. The van der Waals surface area contributed by atoms with Gasteiger partial charge in [-0.2, -0.15) is 0 Å². The van der Waals surface area contributed by atoms with Crippen LogP contribution in [0.15, 0.2) is 18.2 Å². The smallest absolute Gasteiger partial charge is 0.251 e. The number of aryl methyl sites for hydroxylation is 1. The lowest BCUT2D eigenvalue weighted by atomic mass is 10.1. The maximum absolute atomic E-state index is 12.3. The van der Waals surface area contributed by atoms with Gasteiger partial charge in [0, 0.05) is 46.1 Å². The number of nitrogens with one attached hydrogen (secondary N) is 2. The van der Waals surface area contributed by atoms with Crippen molar-refractivity contribution in [3.8, 4) is 0 Å². The summed E-state index contributed by atoms with van der Waals surface area (Å²) in [6.07, 6.45) is 2.70. The predicted octanol–water partition coefficient (Wildman–Crippen LogP) is 2.46. The van der Waals surface area contributed by atoms with Gasteiger partial charge < -0.3 is 10.6 Å². The number of rotatable bonds is 5. The van der Waals surface area contributed by atoms with Crippen molar-refractivity contribution in [2.24, 2.45) is 0 Å². The van der Waals surface area contributed by atoms with Crippen LogP contribution >= 0.6 is 0 Å². The normalized spacial score (nSPS) is 21.8. The molecule has 1 aromatic carbocycles. The van der Waals surface area contributed by atoms with E-state index in [1.165, 1.54) is 0 Å². The fourth-order valence-corrected chi connectivity index (χ4v) is 3.77. The van der Waals surface area contributed by atoms with Gasteiger partial charge in [0.05, 0.1) is 0 Å². The van der Waals surface area contributed by atoms with Crippen molar-refractivity contribution in [3.63, 3.8) is 0 Å². The Morgan fingerprint density at radius 3 is 2.67 bits per heavy atom. The Morgan fingerprint density at radius 1 is 1.33 bits per heavy atom. The fraction of sp³-hybridized carbons (Fsp3) is 0.562. The van der Waals surface area contributed by atoms with E-state index in [1.54, 1.807) is 0 Å². The minimum absolute atomic E-state index is 0.0298. The number of amides is 1. The molecule has 2 N–H and O–H groups in total. The lowest BCUT2D eigenvalue weighted by Gasteiger charge is -2.22. The summed E-state index contributed by atoms with van der Waals surface area (Å²) in [5.74, 6) is 1.37. The summed E-state index contributed by atoms with van der Waals surface area (Å²) in [7, 11) is -0.690. The lowest BCUT2D eigenvalue weighted by Crippen LogP contribution is -2.39. The van der Waals surface area contributed by atoms with E-state index in [1.807, 2.05) is 25.1 Å². The molecule has 0 saturated carbocycles. The summed E-state index contributed by atoms with van der Waals surface area (Å²) in [5, 5.41) is 6.40. The third kappa shape index (κ3) is 4.56. The second-order valence-electron chi connectivity index (χ2n) is 5.55. The molecular weight excluding hydrogens is 284 g/mol. The van der Waals surface area contributed by atoms with Crippen LogP contribution in [0.3, 0.4) is 0 Å². The Bertz CT molecular complexity index is 521. The standard InChI is InChI=1S/C16H24N2O2S/c1-3-8-17-15-5-4-13(11-12(15)2)16(19)18-14-6-9-21(20)10-7-14/h4-5,11,14,17H,3,6-10H2,1-2H3,(H,18,19). The number of anilines is 1. The first-order valence-electron chi connectivity index (χ1n) is 7.60. The SMILES string of the molecule is CCCNc1ccc(C(=O)NC2CCS(=O)CC2)cc1C. The van der Waals surface area contributed by atoms with Crippen LogP contribution in [0.25, 0.3) is 0 Å². The maximum Gasteiger partial charge on any atom is 0.251 e. The van der Waals surface area contributed by atoms with Crippen LogP contribution in [-0.2, 0) is 10.8 Å². The molecule has 1 aliphatic heterocycles. The van der Waals surface area contributed by atoms with Gasteiger partial charge in [-0.25, -0.2) is 0 Å². The zero-order valence-corrected chi connectivity index (χ0v) is 13.6. The molecule has 0 aliphatic carbocycles. The first kappa shape index (κ1) is 16.0. The second-order valence-corrected chi connectivity index (χ2v) is 7.25. The first-order valence-corrected chi connectivity index (χ1v) is 9.09. The number of hydrogen-bond acceptors (Lipinski definition) is 3. The highest BCUT2D eigenvalue weighted by Gasteiger charge is 2.20. The molecule has 1 amide bonds. The molecule has 21 heavy (non-hydrogen) atoms. The molecule has 1 aromatic rings. The quantitative estimate of drug-likeness (QED) is 0.878. The Hall–Kier alpha value is -1.36. The molecule has 0 bridgehead atoms. The average Bonchev–Trinajstić information content (AvgIpc) is 2.48. The van der Waals surface area contributed by atoms with Crippen molar-refractivity contribution < 1.29 is 9.00 Å². The van der Waals surface area contributed by atoms with Crippen LogP contribution in [0.2, 0.25) is 0 Å². The molecule has 0 aromatic heterocycles. The van der Waals surface area contributed by atoms with E-state index in [0.29, 0.717) is 17.1 Å². The van der Waals surface area contributed by atoms with Crippen LogP contribution in [0.4, 0.5) is 5.69 Å². The van der Waals surface area contributed by atoms with E-state index >= 15 is 0 Å². The van der Waals surface area contributed by atoms with Crippen LogP contribution in [-0.4, -0.2) is 34.2 Å². The number of benzene rings is 1. The third-order valence-electron chi connectivity index (χ3n) is 3.78.